The second kappa shape index (κ2) is 8.69. The lowest BCUT2D eigenvalue weighted by Gasteiger charge is -2.47. The van der Waals surface area contributed by atoms with Gasteiger partial charge in [0.1, 0.15) is 0 Å². The summed E-state index contributed by atoms with van der Waals surface area (Å²) in [7, 11) is 0. The van der Waals surface area contributed by atoms with Gasteiger partial charge in [-0.15, -0.1) is 12.4 Å². The summed E-state index contributed by atoms with van der Waals surface area (Å²) in [6, 6.07) is 14.2. The van der Waals surface area contributed by atoms with Crippen LogP contribution in [0.2, 0.25) is 5.02 Å². The molecule has 2 aliphatic rings. The molecule has 2 aromatic rings. The minimum absolute atomic E-state index is 0. The zero-order chi connectivity index (χ0) is 21.5. The predicted molar refractivity (Wildman–Crippen MR) is 124 cm³/mol. The van der Waals surface area contributed by atoms with Gasteiger partial charge < -0.3 is 15.7 Å². The number of amides is 2. The molecule has 1 saturated carbocycles. The highest BCUT2D eigenvalue weighted by atomic mass is 35.5. The molecule has 0 radical (unpaired) electrons. The number of benzene rings is 2. The van der Waals surface area contributed by atoms with Gasteiger partial charge in [-0.2, -0.15) is 0 Å². The molecular formula is C23H27Cl2N3O3. The van der Waals surface area contributed by atoms with Crippen LogP contribution in [0.25, 0.3) is 0 Å². The van der Waals surface area contributed by atoms with E-state index in [0.717, 1.165) is 36.9 Å². The molecule has 1 aliphatic carbocycles. The third-order valence-electron chi connectivity index (χ3n) is 6.71. The van der Waals surface area contributed by atoms with Gasteiger partial charge in [-0.25, -0.2) is 9.59 Å². The minimum atomic E-state index is -0.976. The quantitative estimate of drug-likeness (QED) is 0.675. The number of urea groups is 1. The summed E-state index contributed by atoms with van der Waals surface area (Å²) in [5.74, 6) is -0.976. The lowest BCUT2D eigenvalue weighted by atomic mass is 9.70. The number of hydrogen-bond acceptors (Lipinski definition) is 3. The maximum absolute atomic E-state index is 13.2. The first-order valence-electron chi connectivity index (χ1n) is 10.2. The third-order valence-corrected chi connectivity index (χ3v) is 6.94. The standard InChI is InChI=1S/C23H26ClN3O3.ClH/c1-22(9-11-23(25,12-10-22)17-3-2-4-18(24)15-17)27-14-13-26(21(27)30)19-7-5-16(6-8-19)20(28)29;/h2-8,15H,9-14,25H2,1H3,(H,28,29);1H. The summed E-state index contributed by atoms with van der Waals surface area (Å²) in [6.07, 6.45) is 3.18. The molecule has 166 valence electrons. The monoisotopic (exact) mass is 463 g/mol. The van der Waals surface area contributed by atoms with Crippen LogP contribution < -0.4 is 10.6 Å². The number of aromatic carboxylic acids is 1. The Balaban J connectivity index is 0.00000272. The molecule has 1 saturated heterocycles. The molecule has 6 nitrogen and oxygen atoms in total. The normalized spacial score (nSPS) is 26.0. The summed E-state index contributed by atoms with van der Waals surface area (Å²) in [5.41, 5.74) is 8.03. The van der Waals surface area contributed by atoms with E-state index in [1.807, 2.05) is 29.2 Å². The van der Waals surface area contributed by atoms with E-state index in [1.54, 1.807) is 17.0 Å². The van der Waals surface area contributed by atoms with Crippen molar-refractivity contribution in [1.82, 2.24) is 4.90 Å². The fourth-order valence-corrected chi connectivity index (χ4v) is 4.84. The van der Waals surface area contributed by atoms with E-state index in [9.17, 15) is 9.59 Å². The first-order valence-corrected chi connectivity index (χ1v) is 10.6. The van der Waals surface area contributed by atoms with E-state index in [-0.39, 0.29) is 29.5 Å². The molecule has 31 heavy (non-hydrogen) atoms. The summed E-state index contributed by atoms with van der Waals surface area (Å²) in [4.78, 5) is 27.9. The van der Waals surface area contributed by atoms with E-state index < -0.39 is 11.5 Å². The zero-order valence-electron chi connectivity index (χ0n) is 17.4. The number of hydrogen-bond donors (Lipinski definition) is 2. The van der Waals surface area contributed by atoms with Crippen LogP contribution in [0.4, 0.5) is 10.5 Å². The van der Waals surface area contributed by atoms with Gasteiger partial charge in [-0.1, -0.05) is 23.7 Å². The number of halogens is 2. The Labute approximate surface area is 193 Å². The highest BCUT2D eigenvalue weighted by Crippen LogP contribution is 2.44. The molecular weight excluding hydrogens is 437 g/mol. The molecule has 0 spiro atoms. The smallest absolute Gasteiger partial charge is 0.335 e. The lowest BCUT2D eigenvalue weighted by molar-refractivity contribution is 0.0697. The van der Waals surface area contributed by atoms with Gasteiger partial charge in [0.25, 0.3) is 0 Å². The Hall–Kier alpha value is -2.28. The minimum Gasteiger partial charge on any atom is -0.478 e. The van der Waals surface area contributed by atoms with Gasteiger partial charge in [-0.05, 0) is 74.6 Å². The lowest BCUT2D eigenvalue weighted by Crippen LogP contribution is -2.54. The maximum Gasteiger partial charge on any atom is 0.335 e. The number of carbonyl (C=O) groups is 2. The largest absolute Gasteiger partial charge is 0.478 e. The third kappa shape index (κ3) is 4.38. The molecule has 2 fully saturated rings. The van der Waals surface area contributed by atoms with E-state index in [1.165, 1.54) is 12.1 Å². The number of anilines is 1. The summed E-state index contributed by atoms with van der Waals surface area (Å²) < 4.78 is 0. The van der Waals surface area contributed by atoms with Gasteiger partial charge in [0.2, 0.25) is 0 Å². The number of nitrogens with zero attached hydrogens (tertiary/aromatic N) is 2. The molecule has 2 amide bonds. The van der Waals surface area contributed by atoms with Crippen LogP contribution in [-0.4, -0.2) is 40.6 Å². The van der Waals surface area contributed by atoms with Gasteiger partial charge in [0.15, 0.2) is 0 Å². The highest BCUT2D eigenvalue weighted by Gasteiger charge is 2.47. The van der Waals surface area contributed by atoms with Crippen LogP contribution >= 0.6 is 24.0 Å². The Kier molecular flexibility index (Phi) is 6.56. The Morgan fingerprint density at radius 1 is 1.06 bits per heavy atom. The van der Waals surface area contributed by atoms with Crippen molar-refractivity contribution in [2.75, 3.05) is 18.0 Å². The van der Waals surface area contributed by atoms with E-state index in [0.29, 0.717) is 18.1 Å². The second-order valence-corrected chi connectivity index (χ2v) is 9.04. The molecule has 8 heteroatoms. The summed E-state index contributed by atoms with van der Waals surface area (Å²) >= 11 is 6.16. The first kappa shape index (κ1) is 23.4. The SMILES string of the molecule is CC1(N2CCN(c3ccc(C(=O)O)cc3)C2=O)CCC(N)(c2cccc(Cl)c2)CC1.Cl. The molecule has 3 N–H and O–H groups in total. The topological polar surface area (TPSA) is 86.9 Å². The van der Waals surface area contributed by atoms with Gasteiger partial charge in [-0.3, -0.25) is 4.90 Å². The van der Waals surface area contributed by atoms with Crippen LogP contribution in [0.15, 0.2) is 48.5 Å². The average molecular weight is 464 g/mol. The second-order valence-electron chi connectivity index (χ2n) is 8.60. The highest BCUT2D eigenvalue weighted by molar-refractivity contribution is 6.30. The van der Waals surface area contributed by atoms with Gasteiger partial charge >= 0.3 is 12.0 Å². The van der Waals surface area contributed by atoms with Crippen molar-refractivity contribution >= 4 is 41.7 Å². The molecule has 1 heterocycles. The molecule has 0 bridgehead atoms. The van der Waals surface area contributed by atoms with Crippen LogP contribution in [0.3, 0.4) is 0 Å². The number of nitrogens with two attached hydrogens (primary N) is 1. The first-order chi connectivity index (χ1) is 14.2. The Morgan fingerprint density at radius 2 is 1.71 bits per heavy atom. The fraction of sp³-hybridized carbons (Fsp3) is 0.391. The number of rotatable bonds is 4. The van der Waals surface area contributed by atoms with Gasteiger partial charge in [0, 0.05) is 34.9 Å². The average Bonchev–Trinajstić information content (AvgIpc) is 3.13. The molecule has 2 aromatic carbocycles. The van der Waals surface area contributed by atoms with Crippen LogP contribution in [0, 0.1) is 0 Å². The van der Waals surface area contributed by atoms with E-state index >= 15 is 0 Å². The molecule has 0 unspecified atom stereocenters. The van der Waals surface area contributed by atoms with Crippen LogP contribution in [-0.2, 0) is 5.54 Å². The van der Waals surface area contributed by atoms with Crippen molar-refractivity contribution in [1.29, 1.82) is 0 Å². The summed E-state index contributed by atoms with van der Waals surface area (Å²) in [6.45, 7) is 3.37. The molecule has 1 aliphatic heterocycles. The van der Waals surface area contributed by atoms with E-state index in [4.69, 9.17) is 22.4 Å². The summed E-state index contributed by atoms with van der Waals surface area (Å²) in [5, 5.41) is 9.76. The van der Waals surface area contributed by atoms with Crippen molar-refractivity contribution in [2.45, 2.75) is 43.7 Å². The number of carbonyl (C=O) groups excluding carboxylic acids is 1. The predicted octanol–water partition coefficient (Wildman–Crippen LogP) is 4.89. The van der Waals surface area contributed by atoms with Crippen molar-refractivity contribution < 1.29 is 14.7 Å². The van der Waals surface area contributed by atoms with Crippen molar-refractivity contribution in [3.8, 4) is 0 Å². The molecule has 0 atom stereocenters. The fourth-order valence-electron chi connectivity index (χ4n) is 4.65. The molecule has 0 aromatic heterocycles. The molecule has 4 rings (SSSR count). The number of carboxylic acid groups (broad SMARTS) is 1. The Morgan fingerprint density at radius 3 is 2.29 bits per heavy atom. The number of carboxylic acids is 1. The van der Waals surface area contributed by atoms with Gasteiger partial charge in [0.05, 0.1) is 5.56 Å². The van der Waals surface area contributed by atoms with Crippen molar-refractivity contribution in [3.05, 3.63) is 64.7 Å². The Bertz CT molecular complexity index is 972. The van der Waals surface area contributed by atoms with E-state index in [2.05, 4.69) is 6.92 Å². The van der Waals surface area contributed by atoms with Crippen LogP contribution in [0.1, 0.15) is 48.5 Å². The van der Waals surface area contributed by atoms with Crippen molar-refractivity contribution in [3.63, 3.8) is 0 Å². The van der Waals surface area contributed by atoms with Crippen molar-refractivity contribution in [2.24, 2.45) is 5.73 Å². The zero-order valence-corrected chi connectivity index (χ0v) is 19.0. The van der Waals surface area contributed by atoms with Crippen LogP contribution in [0.5, 0.6) is 0 Å². The maximum atomic E-state index is 13.2.